The minimum atomic E-state index is -4.33. The molecule has 1 aliphatic rings. The van der Waals surface area contributed by atoms with Crippen molar-refractivity contribution in [1.82, 2.24) is 0 Å². The highest BCUT2D eigenvalue weighted by Crippen LogP contribution is 2.35. The lowest BCUT2D eigenvalue weighted by atomic mass is 9.90. The van der Waals surface area contributed by atoms with Crippen LogP contribution >= 0.6 is 11.6 Å². The smallest absolute Gasteiger partial charge is 0.374 e. The third-order valence-electron chi connectivity index (χ3n) is 2.38. The van der Waals surface area contributed by atoms with Crippen LogP contribution in [-0.2, 0) is 9.47 Å². The third kappa shape index (κ3) is 3.23. The van der Waals surface area contributed by atoms with Gasteiger partial charge in [0, 0.05) is 6.61 Å². The van der Waals surface area contributed by atoms with E-state index in [4.69, 9.17) is 21.1 Å². The summed E-state index contributed by atoms with van der Waals surface area (Å²) >= 11 is 5.80. The lowest BCUT2D eigenvalue weighted by Crippen LogP contribution is -2.53. The molecule has 0 saturated heterocycles. The topological polar surface area (TPSA) is 18.5 Å². The average molecular weight is 247 g/mol. The first kappa shape index (κ1) is 13.1. The second-order valence-electron chi connectivity index (χ2n) is 3.53. The van der Waals surface area contributed by atoms with E-state index in [0.29, 0.717) is 13.0 Å². The van der Waals surface area contributed by atoms with Crippen molar-refractivity contribution in [2.45, 2.75) is 50.1 Å². The second-order valence-corrected chi connectivity index (χ2v) is 4.09. The van der Waals surface area contributed by atoms with Gasteiger partial charge in [-0.15, -0.1) is 11.6 Å². The van der Waals surface area contributed by atoms with Crippen molar-refractivity contribution in [3.05, 3.63) is 0 Å². The van der Waals surface area contributed by atoms with Gasteiger partial charge in [-0.05, 0) is 20.3 Å². The maximum Gasteiger partial charge on any atom is 0.414 e. The Labute approximate surface area is 91.7 Å². The molecule has 0 spiro atoms. The van der Waals surface area contributed by atoms with E-state index >= 15 is 0 Å². The second kappa shape index (κ2) is 4.89. The summed E-state index contributed by atoms with van der Waals surface area (Å²) in [4.78, 5) is 0. The number of hydrogen-bond acceptors (Lipinski definition) is 2. The third-order valence-corrected chi connectivity index (χ3v) is 2.81. The number of hydrogen-bond donors (Lipinski definition) is 0. The fraction of sp³-hybridized carbons (Fsp3) is 1.00. The number of rotatable bonds is 4. The number of alkyl halides is 4. The SMILES string of the molecule is CCOC1C(Cl)CC1OC(C)C(F)(F)F. The van der Waals surface area contributed by atoms with Crippen LogP contribution in [0.4, 0.5) is 13.2 Å². The van der Waals surface area contributed by atoms with Crippen molar-refractivity contribution < 1.29 is 22.6 Å². The highest BCUT2D eigenvalue weighted by atomic mass is 35.5. The zero-order chi connectivity index (χ0) is 11.6. The van der Waals surface area contributed by atoms with Crippen LogP contribution in [0.3, 0.4) is 0 Å². The van der Waals surface area contributed by atoms with Gasteiger partial charge in [0.15, 0.2) is 6.10 Å². The summed E-state index contributed by atoms with van der Waals surface area (Å²) in [5.74, 6) is 0. The molecule has 1 rings (SSSR count). The molecule has 1 saturated carbocycles. The summed E-state index contributed by atoms with van der Waals surface area (Å²) < 4.78 is 46.6. The largest absolute Gasteiger partial charge is 0.414 e. The lowest BCUT2D eigenvalue weighted by molar-refractivity contribution is -0.250. The predicted molar refractivity (Wildman–Crippen MR) is 50.1 cm³/mol. The first-order valence-corrected chi connectivity index (χ1v) is 5.27. The summed E-state index contributed by atoms with van der Waals surface area (Å²) in [7, 11) is 0. The van der Waals surface area contributed by atoms with E-state index in [2.05, 4.69) is 0 Å². The molecular weight excluding hydrogens is 233 g/mol. The molecule has 0 aromatic heterocycles. The standard InChI is InChI=1S/C9H14ClF3O2/c1-3-14-8-6(10)4-7(8)15-5(2)9(11,12)13/h5-8H,3-4H2,1-2H3. The molecule has 0 radical (unpaired) electrons. The highest BCUT2D eigenvalue weighted by molar-refractivity contribution is 6.21. The van der Waals surface area contributed by atoms with E-state index in [-0.39, 0.29) is 5.38 Å². The van der Waals surface area contributed by atoms with Gasteiger partial charge in [-0.25, -0.2) is 0 Å². The number of halogens is 4. The Hall–Kier alpha value is -0.0000000000000000555. The molecule has 1 aliphatic carbocycles. The van der Waals surface area contributed by atoms with Gasteiger partial charge in [0.25, 0.3) is 0 Å². The Kier molecular flexibility index (Phi) is 4.26. The van der Waals surface area contributed by atoms with Crippen LogP contribution in [0.5, 0.6) is 0 Å². The van der Waals surface area contributed by atoms with E-state index < -0.39 is 24.5 Å². The Bertz CT molecular complexity index is 210. The lowest BCUT2D eigenvalue weighted by Gasteiger charge is -2.41. The van der Waals surface area contributed by atoms with Crippen LogP contribution in [0.15, 0.2) is 0 Å². The first-order chi connectivity index (χ1) is 6.86. The molecule has 6 heteroatoms. The summed E-state index contributed by atoms with van der Waals surface area (Å²) in [5, 5.41) is -0.240. The molecule has 0 aliphatic heterocycles. The molecular formula is C9H14ClF3O2. The van der Waals surface area contributed by atoms with Gasteiger partial charge in [0.05, 0.1) is 11.5 Å². The molecule has 2 nitrogen and oxygen atoms in total. The van der Waals surface area contributed by atoms with Gasteiger partial charge in [-0.2, -0.15) is 13.2 Å². The van der Waals surface area contributed by atoms with E-state index in [0.717, 1.165) is 6.92 Å². The Balaban J connectivity index is 2.40. The van der Waals surface area contributed by atoms with E-state index in [1.807, 2.05) is 0 Å². The molecule has 0 aromatic rings. The van der Waals surface area contributed by atoms with Gasteiger partial charge in [0.1, 0.15) is 6.10 Å². The molecule has 0 aromatic carbocycles. The maximum absolute atomic E-state index is 12.2. The normalized spacial score (nSPS) is 33.6. The van der Waals surface area contributed by atoms with Crippen molar-refractivity contribution >= 4 is 11.6 Å². The summed E-state index contributed by atoms with van der Waals surface area (Å²) in [6.45, 7) is 3.19. The van der Waals surface area contributed by atoms with Crippen molar-refractivity contribution in [2.75, 3.05) is 6.61 Å². The first-order valence-electron chi connectivity index (χ1n) is 4.84. The molecule has 0 amide bonds. The van der Waals surface area contributed by atoms with Crippen LogP contribution in [0.1, 0.15) is 20.3 Å². The van der Waals surface area contributed by atoms with Crippen LogP contribution in [0.25, 0.3) is 0 Å². The summed E-state index contributed by atoms with van der Waals surface area (Å²) in [6.07, 6.45) is -6.64. The molecule has 4 atom stereocenters. The fourth-order valence-corrected chi connectivity index (χ4v) is 1.81. The van der Waals surface area contributed by atoms with Gasteiger partial charge in [-0.3, -0.25) is 0 Å². The van der Waals surface area contributed by atoms with Crippen LogP contribution < -0.4 is 0 Å². The van der Waals surface area contributed by atoms with Gasteiger partial charge in [0.2, 0.25) is 0 Å². The monoisotopic (exact) mass is 246 g/mol. The number of ether oxygens (including phenoxy) is 2. The fourth-order valence-electron chi connectivity index (χ4n) is 1.40. The molecule has 0 N–H and O–H groups in total. The minimum Gasteiger partial charge on any atom is -0.374 e. The molecule has 4 unspecified atom stereocenters. The zero-order valence-electron chi connectivity index (χ0n) is 8.55. The molecule has 15 heavy (non-hydrogen) atoms. The summed E-state index contributed by atoms with van der Waals surface area (Å²) in [5.41, 5.74) is 0. The summed E-state index contributed by atoms with van der Waals surface area (Å²) in [6, 6.07) is 0. The molecule has 90 valence electrons. The van der Waals surface area contributed by atoms with Crippen LogP contribution in [0, 0.1) is 0 Å². The van der Waals surface area contributed by atoms with Gasteiger partial charge in [-0.1, -0.05) is 0 Å². The van der Waals surface area contributed by atoms with Crippen LogP contribution in [0.2, 0.25) is 0 Å². The minimum absolute atomic E-state index is 0.240. The van der Waals surface area contributed by atoms with Crippen molar-refractivity contribution in [3.8, 4) is 0 Å². The van der Waals surface area contributed by atoms with E-state index in [1.165, 1.54) is 0 Å². The van der Waals surface area contributed by atoms with E-state index in [9.17, 15) is 13.2 Å². The highest BCUT2D eigenvalue weighted by Gasteiger charge is 2.46. The van der Waals surface area contributed by atoms with Gasteiger partial charge < -0.3 is 9.47 Å². The van der Waals surface area contributed by atoms with E-state index in [1.54, 1.807) is 6.92 Å². The van der Waals surface area contributed by atoms with Crippen molar-refractivity contribution in [3.63, 3.8) is 0 Å². The molecule has 0 heterocycles. The Morgan fingerprint density at radius 3 is 2.47 bits per heavy atom. The molecule has 1 fully saturated rings. The maximum atomic E-state index is 12.2. The predicted octanol–water partition coefficient (Wildman–Crippen LogP) is 2.74. The zero-order valence-corrected chi connectivity index (χ0v) is 9.31. The van der Waals surface area contributed by atoms with Gasteiger partial charge >= 0.3 is 6.18 Å². The molecule has 0 bridgehead atoms. The average Bonchev–Trinajstić information content (AvgIpc) is 2.12. The van der Waals surface area contributed by atoms with Crippen molar-refractivity contribution in [2.24, 2.45) is 0 Å². The van der Waals surface area contributed by atoms with Crippen molar-refractivity contribution in [1.29, 1.82) is 0 Å². The Morgan fingerprint density at radius 1 is 1.47 bits per heavy atom. The Morgan fingerprint density at radius 2 is 2.07 bits per heavy atom. The quantitative estimate of drug-likeness (QED) is 0.710. The van der Waals surface area contributed by atoms with Crippen LogP contribution in [-0.4, -0.2) is 36.5 Å².